The number of methoxy groups -OCH3 is 1. The highest BCUT2D eigenvalue weighted by Gasteiger charge is 2.19. The van der Waals surface area contributed by atoms with Crippen molar-refractivity contribution in [1.29, 1.82) is 0 Å². The average Bonchev–Trinajstić information content (AvgIpc) is 2.16. The molecule has 0 radical (unpaired) electrons. The highest BCUT2D eigenvalue weighted by molar-refractivity contribution is 7.89. The van der Waals surface area contributed by atoms with Crippen molar-refractivity contribution < 1.29 is 13.2 Å². The fourth-order valence-corrected chi connectivity index (χ4v) is 2.46. The van der Waals surface area contributed by atoms with Gasteiger partial charge >= 0.3 is 0 Å². The summed E-state index contributed by atoms with van der Waals surface area (Å²) in [4.78, 5) is -0.104. The SMILES string of the molecule is CNCc1cc(Cl)cc(S(N)(=O)=O)c1OC. The van der Waals surface area contributed by atoms with Gasteiger partial charge in [0, 0.05) is 17.1 Å². The third kappa shape index (κ3) is 2.85. The van der Waals surface area contributed by atoms with Crippen molar-refractivity contribution in [2.45, 2.75) is 11.4 Å². The van der Waals surface area contributed by atoms with Crippen LogP contribution in [0.25, 0.3) is 0 Å². The number of sulfonamides is 1. The largest absolute Gasteiger partial charge is 0.495 e. The number of primary sulfonamides is 1. The Kier molecular flexibility index (Phi) is 4.15. The quantitative estimate of drug-likeness (QED) is 0.839. The van der Waals surface area contributed by atoms with Gasteiger partial charge in [0.25, 0.3) is 0 Å². The number of rotatable bonds is 4. The summed E-state index contributed by atoms with van der Waals surface area (Å²) in [6.07, 6.45) is 0. The molecule has 0 aliphatic rings. The summed E-state index contributed by atoms with van der Waals surface area (Å²) in [5, 5.41) is 8.27. The molecule has 1 aromatic rings. The molecule has 0 bridgehead atoms. The summed E-state index contributed by atoms with van der Waals surface area (Å²) in [5.41, 5.74) is 0.640. The Morgan fingerprint density at radius 2 is 2.12 bits per heavy atom. The van der Waals surface area contributed by atoms with Crippen molar-refractivity contribution in [2.75, 3.05) is 14.2 Å². The summed E-state index contributed by atoms with van der Waals surface area (Å²) < 4.78 is 27.7. The standard InChI is InChI=1S/C9H13ClN2O3S/c1-12-5-6-3-7(10)4-8(9(6)15-2)16(11,13)14/h3-4,12H,5H2,1-2H3,(H2,11,13,14). The highest BCUT2D eigenvalue weighted by atomic mass is 35.5. The Balaban J connectivity index is 3.48. The van der Waals surface area contributed by atoms with E-state index in [1.165, 1.54) is 13.2 Å². The molecule has 90 valence electrons. The van der Waals surface area contributed by atoms with E-state index in [1.807, 2.05) is 0 Å². The van der Waals surface area contributed by atoms with Gasteiger partial charge in [0.15, 0.2) is 0 Å². The molecular formula is C9H13ClN2O3S. The highest BCUT2D eigenvalue weighted by Crippen LogP contribution is 2.30. The van der Waals surface area contributed by atoms with Crippen LogP contribution in [0.2, 0.25) is 5.02 Å². The second-order valence-corrected chi connectivity index (χ2v) is 5.14. The fraction of sp³-hybridized carbons (Fsp3) is 0.333. The van der Waals surface area contributed by atoms with Gasteiger partial charge in [-0.15, -0.1) is 0 Å². The molecule has 0 aliphatic heterocycles. The van der Waals surface area contributed by atoms with Gasteiger partial charge in [-0.25, -0.2) is 13.6 Å². The molecule has 16 heavy (non-hydrogen) atoms. The van der Waals surface area contributed by atoms with Crippen LogP contribution in [0.5, 0.6) is 5.75 Å². The van der Waals surface area contributed by atoms with Crippen LogP contribution in [0.3, 0.4) is 0 Å². The van der Waals surface area contributed by atoms with E-state index in [2.05, 4.69) is 5.32 Å². The lowest BCUT2D eigenvalue weighted by atomic mass is 10.2. The molecule has 0 fully saturated rings. The third-order valence-electron chi connectivity index (χ3n) is 1.97. The summed E-state index contributed by atoms with van der Waals surface area (Å²) in [6, 6.07) is 2.90. The molecule has 0 amide bonds. The number of benzene rings is 1. The normalized spacial score (nSPS) is 11.5. The van der Waals surface area contributed by atoms with E-state index in [-0.39, 0.29) is 10.6 Å². The topological polar surface area (TPSA) is 81.4 Å². The minimum absolute atomic E-state index is 0.104. The molecule has 0 aliphatic carbocycles. The number of ether oxygens (including phenoxy) is 1. The summed E-state index contributed by atoms with van der Waals surface area (Å²) in [5.74, 6) is 0.223. The smallest absolute Gasteiger partial charge is 0.241 e. The van der Waals surface area contributed by atoms with Crippen LogP contribution in [-0.4, -0.2) is 22.6 Å². The number of nitrogens with one attached hydrogen (secondary N) is 1. The van der Waals surface area contributed by atoms with Crippen molar-refractivity contribution in [3.63, 3.8) is 0 Å². The van der Waals surface area contributed by atoms with Crippen LogP contribution in [-0.2, 0) is 16.6 Å². The van der Waals surface area contributed by atoms with Crippen molar-refractivity contribution in [3.8, 4) is 5.75 Å². The van der Waals surface area contributed by atoms with Crippen molar-refractivity contribution >= 4 is 21.6 Å². The second kappa shape index (κ2) is 5.01. The molecule has 0 saturated heterocycles. The van der Waals surface area contributed by atoms with Gasteiger partial charge in [0.2, 0.25) is 10.0 Å². The molecule has 5 nitrogen and oxygen atoms in total. The van der Waals surface area contributed by atoms with Gasteiger partial charge in [-0.3, -0.25) is 0 Å². The average molecular weight is 265 g/mol. The molecule has 7 heteroatoms. The van der Waals surface area contributed by atoms with Crippen LogP contribution in [0.1, 0.15) is 5.56 Å². The monoisotopic (exact) mass is 264 g/mol. The Labute approximate surface area is 99.6 Å². The molecule has 1 aromatic carbocycles. The van der Waals surface area contributed by atoms with E-state index in [0.717, 1.165) is 0 Å². The van der Waals surface area contributed by atoms with Crippen LogP contribution in [0, 0.1) is 0 Å². The minimum Gasteiger partial charge on any atom is -0.495 e. The maximum Gasteiger partial charge on any atom is 0.241 e. The van der Waals surface area contributed by atoms with Crippen molar-refractivity contribution in [1.82, 2.24) is 5.32 Å². The first-order valence-corrected chi connectivity index (χ1v) is 6.36. The molecule has 0 aromatic heterocycles. The number of halogens is 1. The van der Waals surface area contributed by atoms with Crippen molar-refractivity contribution in [2.24, 2.45) is 5.14 Å². The molecule has 0 unspecified atom stereocenters. The predicted octanol–water partition coefficient (Wildman–Crippen LogP) is 0.715. The summed E-state index contributed by atoms with van der Waals surface area (Å²) in [6.45, 7) is 0.437. The molecule has 3 N–H and O–H groups in total. The van der Waals surface area contributed by atoms with E-state index >= 15 is 0 Å². The van der Waals surface area contributed by atoms with Gasteiger partial charge in [-0.2, -0.15) is 0 Å². The minimum atomic E-state index is -3.85. The lowest BCUT2D eigenvalue weighted by molar-refractivity contribution is 0.396. The van der Waals surface area contributed by atoms with Crippen molar-refractivity contribution in [3.05, 3.63) is 22.7 Å². The molecule has 0 atom stereocenters. The number of hydrogen-bond acceptors (Lipinski definition) is 4. The van der Waals surface area contributed by atoms with Gasteiger partial charge in [-0.05, 0) is 19.2 Å². The van der Waals surface area contributed by atoms with Crippen LogP contribution in [0.15, 0.2) is 17.0 Å². The Morgan fingerprint density at radius 1 is 1.50 bits per heavy atom. The Morgan fingerprint density at radius 3 is 2.56 bits per heavy atom. The van der Waals surface area contributed by atoms with E-state index in [0.29, 0.717) is 17.1 Å². The summed E-state index contributed by atoms with van der Waals surface area (Å²) in [7, 11) is -0.727. The number of nitrogens with two attached hydrogens (primary N) is 1. The Bertz CT molecular complexity index is 488. The third-order valence-corrected chi connectivity index (χ3v) is 3.11. The summed E-state index contributed by atoms with van der Waals surface area (Å²) >= 11 is 5.82. The van der Waals surface area contributed by atoms with Gasteiger partial charge in [0.05, 0.1) is 7.11 Å². The zero-order valence-electron chi connectivity index (χ0n) is 8.95. The van der Waals surface area contributed by atoms with E-state index in [4.69, 9.17) is 21.5 Å². The molecule has 0 heterocycles. The maximum atomic E-state index is 11.3. The lowest BCUT2D eigenvalue weighted by Gasteiger charge is -2.12. The first kappa shape index (κ1) is 13.2. The lowest BCUT2D eigenvalue weighted by Crippen LogP contribution is -2.15. The van der Waals surface area contributed by atoms with Crippen LogP contribution in [0.4, 0.5) is 0 Å². The first-order valence-electron chi connectivity index (χ1n) is 4.44. The first-order chi connectivity index (χ1) is 7.40. The van der Waals surface area contributed by atoms with Gasteiger partial charge in [-0.1, -0.05) is 11.6 Å². The predicted molar refractivity (Wildman–Crippen MR) is 62.1 cm³/mol. The zero-order chi connectivity index (χ0) is 12.3. The number of hydrogen-bond donors (Lipinski definition) is 2. The molecule has 0 spiro atoms. The second-order valence-electron chi connectivity index (χ2n) is 3.17. The van der Waals surface area contributed by atoms with E-state index in [1.54, 1.807) is 13.1 Å². The maximum absolute atomic E-state index is 11.3. The van der Waals surface area contributed by atoms with E-state index in [9.17, 15) is 8.42 Å². The van der Waals surface area contributed by atoms with Gasteiger partial charge < -0.3 is 10.1 Å². The van der Waals surface area contributed by atoms with Gasteiger partial charge in [0.1, 0.15) is 10.6 Å². The van der Waals surface area contributed by atoms with E-state index < -0.39 is 10.0 Å². The van der Waals surface area contributed by atoms with Crippen LogP contribution >= 0.6 is 11.6 Å². The van der Waals surface area contributed by atoms with Crippen LogP contribution < -0.4 is 15.2 Å². The Hall–Kier alpha value is -0.820. The zero-order valence-corrected chi connectivity index (χ0v) is 10.5. The fourth-order valence-electron chi connectivity index (χ4n) is 1.39. The molecular weight excluding hydrogens is 252 g/mol. The molecule has 1 rings (SSSR count). The molecule has 0 saturated carbocycles.